The zero-order valence-electron chi connectivity index (χ0n) is 13.9. The molecular formula is C18H19FN4O2. The van der Waals surface area contributed by atoms with Crippen molar-refractivity contribution in [2.45, 2.75) is 6.92 Å². The third-order valence-corrected chi connectivity index (χ3v) is 4.19. The summed E-state index contributed by atoms with van der Waals surface area (Å²) in [6, 6.07) is 9.41. The molecule has 7 heteroatoms. The van der Waals surface area contributed by atoms with Gasteiger partial charge in [-0.2, -0.15) is 0 Å². The van der Waals surface area contributed by atoms with Crippen LogP contribution in [0.3, 0.4) is 0 Å². The first-order valence-electron chi connectivity index (χ1n) is 8.07. The topological polar surface area (TPSA) is 65.5 Å². The number of nitrogens with one attached hydrogen (secondary N) is 1. The van der Waals surface area contributed by atoms with Crippen LogP contribution in [0.25, 0.3) is 0 Å². The second kappa shape index (κ2) is 7.29. The highest BCUT2D eigenvalue weighted by molar-refractivity contribution is 6.03. The third kappa shape index (κ3) is 3.93. The number of anilines is 2. The lowest BCUT2D eigenvalue weighted by Crippen LogP contribution is -2.48. The minimum atomic E-state index is -0.490. The van der Waals surface area contributed by atoms with Crippen molar-refractivity contribution in [2.24, 2.45) is 0 Å². The number of carbonyl (C=O) groups excluding carboxylic acids is 2. The molecular weight excluding hydrogens is 323 g/mol. The molecule has 0 bridgehead atoms. The van der Waals surface area contributed by atoms with Gasteiger partial charge in [-0.1, -0.05) is 12.1 Å². The maximum absolute atomic E-state index is 13.6. The summed E-state index contributed by atoms with van der Waals surface area (Å²) in [4.78, 5) is 31.6. The third-order valence-electron chi connectivity index (χ3n) is 4.19. The van der Waals surface area contributed by atoms with E-state index >= 15 is 0 Å². The molecule has 1 aliphatic rings. The number of benzene rings is 1. The molecule has 1 aromatic carbocycles. The predicted octanol–water partition coefficient (Wildman–Crippen LogP) is 2.14. The molecule has 2 aromatic rings. The van der Waals surface area contributed by atoms with Crippen LogP contribution in [-0.4, -0.2) is 47.9 Å². The monoisotopic (exact) mass is 342 g/mol. The molecule has 1 saturated heterocycles. The highest BCUT2D eigenvalue weighted by atomic mass is 19.1. The highest BCUT2D eigenvalue weighted by Gasteiger charge is 2.19. The van der Waals surface area contributed by atoms with E-state index in [1.54, 1.807) is 36.2 Å². The van der Waals surface area contributed by atoms with Crippen LogP contribution in [-0.2, 0) is 4.79 Å². The van der Waals surface area contributed by atoms with Gasteiger partial charge in [0.1, 0.15) is 11.5 Å². The maximum Gasteiger partial charge on any atom is 0.274 e. The number of nitrogens with zero attached hydrogens (tertiary/aromatic N) is 3. The van der Waals surface area contributed by atoms with Crippen LogP contribution < -0.4 is 10.2 Å². The number of rotatable bonds is 3. The zero-order chi connectivity index (χ0) is 17.8. The van der Waals surface area contributed by atoms with Crippen LogP contribution in [0.15, 0.2) is 42.6 Å². The van der Waals surface area contributed by atoms with E-state index in [0.29, 0.717) is 13.1 Å². The van der Waals surface area contributed by atoms with E-state index in [1.165, 1.54) is 12.1 Å². The second-order valence-electron chi connectivity index (χ2n) is 5.83. The first-order chi connectivity index (χ1) is 12.0. The van der Waals surface area contributed by atoms with Crippen molar-refractivity contribution >= 4 is 23.2 Å². The number of halogens is 1. The van der Waals surface area contributed by atoms with Crippen molar-refractivity contribution in [3.05, 3.63) is 54.1 Å². The summed E-state index contributed by atoms with van der Waals surface area (Å²) >= 11 is 0. The number of amides is 2. The molecule has 6 nitrogen and oxygen atoms in total. The van der Waals surface area contributed by atoms with Gasteiger partial charge < -0.3 is 15.1 Å². The van der Waals surface area contributed by atoms with Crippen LogP contribution in [0.2, 0.25) is 0 Å². The second-order valence-corrected chi connectivity index (χ2v) is 5.83. The zero-order valence-corrected chi connectivity index (χ0v) is 13.9. The fraction of sp³-hybridized carbons (Fsp3) is 0.278. The molecule has 1 aromatic heterocycles. The van der Waals surface area contributed by atoms with Gasteiger partial charge in [0.05, 0.1) is 17.6 Å². The summed E-state index contributed by atoms with van der Waals surface area (Å²) in [5.74, 6) is -0.869. The summed E-state index contributed by atoms with van der Waals surface area (Å²) in [5.41, 5.74) is 1.23. The van der Waals surface area contributed by atoms with Gasteiger partial charge in [0, 0.05) is 33.1 Å². The Morgan fingerprint density at radius 2 is 1.80 bits per heavy atom. The van der Waals surface area contributed by atoms with Crippen molar-refractivity contribution in [2.75, 3.05) is 36.4 Å². The molecule has 3 rings (SSSR count). The van der Waals surface area contributed by atoms with Gasteiger partial charge in [-0.05, 0) is 24.3 Å². The van der Waals surface area contributed by atoms with E-state index in [2.05, 4.69) is 15.2 Å². The summed E-state index contributed by atoms with van der Waals surface area (Å²) in [5, 5.41) is 2.51. The number of aromatic nitrogens is 1. The van der Waals surface area contributed by atoms with Gasteiger partial charge in [-0.15, -0.1) is 0 Å². The van der Waals surface area contributed by atoms with Gasteiger partial charge in [0.2, 0.25) is 5.91 Å². The molecule has 0 unspecified atom stereocenters. The summed E-state index contributed by atoms with van der Waals surface area (Å²) < 4.78 is 13.6. The first-order valence-corrected chi connectivity index (χ1v) is 8.07. The summed E-state index contributed by atoms with van der Waals surface area (Å²) in [6.07, 6.45) is 1.62. The Hall–Kier alpha value is -2.96. The van der Waals surface area contributed by atoms with Crippen molar-refractivity contribution in [1.82, 2.24) is 9.88 Å². The Balaban J connectivity index is 1.63. The molecule has 0 saturated carbocycles. The molecule has 2 heterocycles. The standard InChI is InChI=1S/C18H19FN4O2/c1-13(24)22-8-10-23(11-9-22)14-6-7-17(20-12-14)18(25)21-16-5-3-2-4-15(16)19/h2-7,12H,8-11H2,1H3,(H,21,25). The predicted molar refractivity (Wildman–Crippen MR) is 93.1 cm³/mol. The van der Waals surface area contributed by atoms with Gasteiger partial charge in [0.25, 0.3) is 5.91 Å². The van der Waals surface area contributed by atoms with Gasteiger partial charge in [-0.25, -0.2) is 9.37 Å². The number of para-hydroxylation sites is 1. The molecule has 1 fully saturated rings. The van der Waals surface area contributed by atoms with E-state index in [0.717, 1.165) is 18.8 Å². The minimum Gasteiger partial charge on any atom is -0.367 e. The van der Waals surface area contributed by atoms with E-state index in [4.69, 9.17) is 0 Å². The number of hydrogen-bond acceptors (Lipinski definition) is 4. The normalized spacial score (nSPS) is 14.3. The number of hydrogen-bond donors (Lipinski definition) is 1. The molecule has 25 heavy (non-hydrogen) atoms. The largest absolute Gasteiger partial charge is 0.367 e. The SMILES string of the molecule is CC(=O)N1CCN(c2ccc(C(=O)Nc3ccccc3F)nc2)CC1. The van der Waals surface area contributed by atoms with Crippen molar-refractivity contribution in [3.63, 3.8) is 0 Å². The van der Waals surface area contributed by atoms with E-state index in [-0.39, 0.29) is 17.3 Å². The lowest BCUT2D eigenvalue weighted by molar-refractivity contribution is -0.129. The highest BCUT2D eigenvalue weighted by Crippen LogP contribution is 2.17. The quantitative estimate of drug-likeness (QED) is 0.928. The average molecular weight is 342 g/mol. The Labute approximate surface area is 145 Å². The Morgan fingerprint density at radius 3 is 2.40 bits per heavy atom. The van der Waals surface area contributed by atoms with Crippen molar-refractivity contribution in [1.29, 1.82) is 0 Å². The fourth-order valence-corrected chi connectivity index (χ4v) is 2.74. The van der Waals surface area contributed by atoms with Crippen LogP contribution in [0.5, 0.6) is 0 Å². The van der Waals surface area contributed by atoms with Crippen LogP contribution in [0, 0.1) is 5.82 Å². The van der Waals surface area contributed by atoms with E-state index < -0.39 is 11.7 Å². The van der Waals surface area contributed by atoms with Gasteiger partial charge in [0.15, 0.2) is 0 Å². The smallest absolute Gasteiger partial charge is 0.274 e. The van der Waals surface area contributed by atoms with Crippen molar-refractivity contribution < 1.29 is 14.0 Å². The lowest BCUT2D eigenvalue weighted by Gasteiger charge is -2.35. The number of carbonyl (C=O) groups is 2. The van der Waals surface area contributed by atoms with Gasteiger partial charge in [-0.3, -0.25) is 9.59 Å². The lowest BCUT2D eigenvalue weighted by atomic mass is 10.2. The first kappa shape index (κ1) is 16.9. The summed E-state index contributed by atoms with van der Waals surface area (Å²) in [7, 11) is 0. The maximum atomic E-state index is 13.6. The Morgan fingerprint density at radius 1 is 1.08 bits per heavy atom. The molecule has 0 atom stereocenters. The van der Waals surface area contributed by atoms with Crippen LogP contribution in [0.4, 0.5) is 15.8 Å². The average Bonchev–Trinajstić information content (AvgIpc) is 2.64. The fourth-order valence-electron chi connectivity index (χ4n) is 2.74. The molecule has 1 N–H and O–H groups in total. The van der Waals surface area contributed by atoms with E-state index in [1.807, 2.05) is 6.07 Å². The summed E-state index contributed by atoms with van der Waals surface area (Å²) in [6.45, 7) is 4.36. The molecule has 1 aliphatic heterocycles. The van der Waals surface area contributed by atoms with Crippen LogP contribution >= 0.6 is 0 Å². The molecule has 0 aliphatic carbocycles. The molecule has 130 valence electrons. The molecule has 0 spiro atoms. The Bertz CT molecular complexity index is 771. The number of piperazine rings is 1. The number of pyridine rings is 1. The Kier molecular flexibility index (Phi) is 4.92. The molecule has 2 amide bonds. The van der Waals surface area contributed by atoms with Gasteiger partial charge >= 0.3 is 0 Å². The minimum absolute atomic E-state index is 0.0814. The molecule has 0 radical (unpaired) electrons. The van der Waals surface area contributed by atoms with E-state index in [9.17, 15) is 14.0 Å². The van der Waals surface area contributed by atoms with Crippen LogP contribution in [0.1, 0.15) is 17.4 Å². The van der Waals surface area contributed by atoms with Crippen molar-refractivity contribution in [3.8, 4) is 0 Å².